The molecule has 23 heavy (non-hydrogen) atoms. The van der Waals surface area contributed by atoms with E-state index in [0.29, 0.717) is 9.54 Å². The van der Waals surface area contributed by atoms with Crippen molar-refractivity contribution in [1.82, 2.24) is 9.54 Å². The summed E-state index contributed by atoms with van der Waals surface area (Å²) in [5.74, 6) is -1.35. The van der Waals surface area contributed by atoms with Gasteiger partial charge in [-0.1, -0.05) is 12.1 Å². The second kappa shape index (κ2) is 5.73. The minimum Gasteiger partial charge on any atom is -0.478 e. The largest absolute Gasteiger partial charge is 0.478 e. The summed E-state index contributed by atoms with van der Waals surface area (Å²) < 4.78 is 54.8. The molecule has 0 saturated carbocycles. The van der Waals surface area contributed by atoms with E-state index in [2.05, 4.69) is 0 Å². The third kappa shape index (κ3) is 2.79. The van der Waals surface area contributed by atoms with E-state index in [0.717, 1.165) is 13.1 Å². The molecule has 3 atom stereocenters. The zero-order valence-corrected chi connectivity index (χ0v) is 12.3. The summed E-state index contributed by atoms with van der Waals surface area (Å²) in [6.45, 7) is 0. The number of halogens is 5. The number of aldehydes is 1. The fraction of sp³-hybridized carbons (Fsp3) is 0.385. The van der Waals surface area contributed by atoms with E-state index >= 15 is 0 Å². The van der Waals surface area contributed by atoms with Crippen molar-refractivity contribution in [3.63, 3.8) is 0 Å². The van der Waals surface area contributed by atoms with Gasteiger partial charge in [-0.2, -0.15) is 13.2 Å². The molecule has 0 aromatic heterocycles. The Morgan fingerprint density at radius 3 is 2.52 bits per heavy atom. The second-order valence-electron chi connectivity index (χ2n) is 5.08. The summed E-state index contributed by atoms with van der Waals surface area (Å²) in [7, 11) is 0.893. The third-order valence-electron chi connectivity index (χ3n) is 3.67. The highest BCUT2D eigenvalue weighted by Crippen LogP contribution is 2.51. The van der Waals surface area contributed by atoms with Crippen molar-refractivity contribution in [2.45, 2.75) is 23.9 Å². The molecule has 0 amide bonds. The zero-order chi connectivity index (χ0) is 17.6. The molecule has 0 aliphatic carbocycles. The summed E-state index contributed by atoms with van der Waals surface area (Å²) in [4.78, 5) is 22.1. The number of aromatic carboxylic acids is 1. The minimum absolute atomic E-state index is 0.159. The van der Waals surface area contributed by atoms with Gasteiger partial charge in [0.2, 0.25) is 5.67 Å². The van der Waals surface area contributed by atoms with Crippen LogP contribution in [0.4, 0.5) is 17.6 Å². The molecular weight excluding hydrogens is 344 g/mol. The standard InChI is InChI=1S/C13H11ClF4N2O3/c1-19-11(13(16,17)18)12(15,6-21)9(20(19)14)7-3-2-4-8(5-7)10(22)23/h2-6,9,11H,1H3,(H,22,23). The number of carbonyl (C=O) groups excluding carboxylic acids is 1. The third-order valence-corrected chi connectivity index (χ3v) is 4.10. The SMILES string of the molecule is CN1C(C(F)(F)F)C(F)(C=O)C(c2cccc(C(=O)O)c2)N1Cl. The van der Waals surface area contributed by atoms with Gasteiger partial charge in [0.05, 0.1) is 5.56 Å². The molecule has 5 nitrogen and oxygen atoms in total. The van der Waals surface area contributed by atoms with E-state index in [1.54, 1.807) is 0 Å². The van der Waals surface area contributed by atoms with E-state index < -0.39 is 36.2 Å². The van der Waals surface area contributed by atoms with Gasteiger partial charge in [-0.15, -0.1) is 4.53 Å². The van der Waals surface area contributed by atoms with Crippen LogP contribution in [-0.2, 0) is 4.79 Å². The van der Waals surface area contributed by atoms with Gasteiger partial charge in [0.25, 0.3) is 0 Å². The van der Waals surface area contributed by atoms with Crippen molar-refractivity contribution in [3.05, 3.63) is 35.4 Å². The first-order valence-corrected chi connectivity index (χ1v) is 6.60. The van der Waals surface area contributed by atoms with Crippen LogP contribution in [0.2, 0.25) is 0 Å². The van der Waals surface area contributed by atoms with Crippen LogP contribution >= 0.6 is 11.8 Å². The van der Waals surface area contributed by atoms with E-state index in [9.17, 15) is 27.2 Å². The molecule has 2 rings (SSSR count). The van der Waals surface area contributed by atoms with Crippen LogP contribution in [-0.4, -0.2) is 51.8 Å². The molecule has 1 fully saturated rings. The van der Waals surface area contributed by atoms with Crippen LogP contribution < -0.4 is 0 Å². The minimum atomic E-state index is -5.06. The molecule has 3 unspecified atom stereocenters. The van der Waals surface area contributed by atoms with Crippen LogP contribution in [0.5, 0.6) is 0 Å². The summed E-state index contributed by atoms with van der Waals surface area (Å²) in [6.07, 6.45) is -5.50. The number of carboxylic acid groups (broad SMARTS) is 1. The van der Waals surface area contributed by atoms with Gasteiger partial charge in [-0.05, 0) is 29.5 Å². The summed E-state index contributed by atoms with van der Waals surface area (Å²) in [5.41, 5.74) is -3.82. The molecule has 1 N–H and O–H groups in total. The Bertz CT molecular complexity index is 642. The highest BCUT2D eigenvalue weighted by Gasteiger charge is 2.68. The van der Waals surface area contributed by atoms with Gasteiger partial charge in [-0.25, -0.2) is 14.2 Å². The second-order valence-corrected chi connectivity index (χ2v) is 5.43. The lowest BCUT2D eigenvalue weighted by Gasteiger charge is -2.28. The Labute approximate surface area is 133 Å². The van der Waals surface area contributed by atoms with Gasteiger partial charge in [0.15, 0.2) is 12.3 Å². The van der Waals surface area contributed by atoms with Crippen molar-refractivity contribution >= 4 is 24.0 Å². The van der Waals surface area contributed by atoms with Gasteiger partial charge in [0.1, 0.15) is 6.04 Å². The fourth-order valence-corrected chi connectivity index (χ4v) is 3.05. The maximum absolute atomic E-state index is 15.0. The summed E-state index contributed by atoms with van der Waals surface area (Å²) in [6, 6.07) is -0.00843. The topological polar surface area (TPSA) is 60.9 Å². The number of alkyl halides is 4. The highest BCUT2D eigenvalue weighted by molar-refractivity contribution is 6.13. The molecule has 1 aliphatic rings. The number of rotatable bonds is 3. The van der Waals surface area contributed by atoms with E-state index in [-0.39, 0.29) is 11.1 Å². The number of hydrazine groups is 1. The molecule has 1 heterocycles. The number of hydrogen-bond acceptors (Lipinski definition) is 4. The lowest BCUT2D eigenvalue weighted by molar-refractivity contribution is -0.205. The van der Waals surface area contributed by atoms with E-state index in [4.69, 9.17) is 16.9 Å². The Morgan fingerprint density at radius 1 is 1.43 bits per heavy atom. The predicted molar refractivity (Wildman–Crippen MR) is 71.3 cm³/mol. The smallest absolute Gasteiger partial charge is 0.409 e. The first-order valence-electron chi connectivity index (χ1n) is 6.27. The van der Waals surface area contributed by atoms with Crippen molar-refractivity contribution in [2.75, 3.05) is 7.05 Å². The Balaban J connectivity index is 2.59. The number of hydrogen-bond donors (Lipinski definition) is 1. The monoisotopic (exact) mass is 354 g/mol. The first-order chi connectivity index (χ1) is 10.5. The lowest BCUT2D eigenvalue weighted by Crippen LogP contribution is -2.52. The Kier molecular flexibility index (Phi) is 4.40. The molecule has 1 saturated heterocycles. The normalized spacial score (nSPS) is 29.7. The predicted octanol–water partition coefficient (Wildman–Crippen LogP) is 2.58. The Hall–Kier alpha value is -1.71. The molecule has 1 aromatic carbocycles. The number of nitrogens with zero attached hydrogens (tertiary/aromatic N) is 2. The Morgan fingerprint density at radius 2 is 2.04 bits per heavy atom. The molecule has 1 aromatic rings. The first kappa shape index (κ1) is 17.6. The molecule has 0 radical (unpaired) electrons. The maximum Gasteiger partial charge on any atom is 0.409 e. The molecule has 126 valence electrons. The van der Waals surface area contributed by atoms with Gasteiger partial charge < -0.3 is 5.11 Å². The lowest BCUT2D eigenvalue weighted by atomic mass is 9.86. The quantitative estimate of drug-likeness (QED) is 0.513. The molecule has 10 heteroatoms. The average molecular weight is 355 g/mol. The van der Waals surface area contributed by atoms with Gasteiger partial charge in [-0.3, -0.25) is 4.79 Å². The van der Waals surface area contributed by atoms with Crippen LogP contribution in [0.3, 0.4) is 0 Å². The molecule has 1 aliphatic heterocycles. The van der Waals surface area contributed by atoms with Crippen LogP contribution in [0.1, 0.15) is 22.0 Å². The van der Waals surface area contributed by atoms with Crippen molar-refractivity contribution in [2.24, 2.45) is 0 Å². The zero-order valence-electron chi connectivity index (χ0n) is 11.6. The summed E-state index contributed by atoms with van der Waals surface area (Å²) in [5, 5.41) is 9.31. The number of carboxylic acids is 1. The van der Waals surface area contributed by atoms with Gasteiger partial charge in [0, 0.05) is 7.05 Å². The van der Waals surface area contributed by atoms with Crippen LogP contribution in [0.15, 0.2) is 24.3 Å². The van der Waals surface area contributed by atoms with Crippen LogP contribution in [0, 0.1) is 0 Å². The number of benzene rings is 1. The average Bonchev–Trinajstić information content (AvgIpc) is 2.66. The maximum atomic E-state index is 15.0. The summed E-state index contributed by atoms with van der Waals surface area (Å²) >= 11 is 5.77. The van der Waals surface area contributed by atoms with Crippen molar-refractivity contribution in [1.29, 1.82) is 0 Å². The molecule has 0 spiro atoms. The van der Waals surface area contributed by atoms with Gasteiger partial charge >= 0.3 is 12.1 Å². The molecule has 0 bridgehead atoms. The molecular formula is C13H11ClF4N2O3. The van der Waals surface area contributed by atoms with Crippen molar-refractivity contribution < 1.29 is 32.3 Å². The fourth-order valence-electron chi connectivity index (χ4n) is 2.70. The number of carbonyl (C=O) groups is 2. The van der Waals surface area contributed by atoms with Crippen LogP contribution in [0.25, 0.3) is 0 Å². The van der Waals surface area contributed by atoms with E-state index in [1.165, 1.54) is 18.2 Å². The highest BCUT2D eigenvalue weighted by atomic mass is 35.5. The van der Waals surface area contributed by atoms with Crippen molar-refractivity contribution in [3.8, 4) is 0 Å². The van der Waals surface area contributed by atoms with E-state index in [1.807, 2.05) is 0 Å².